The molecule has 5 nitrogen and oxygen atoms in total. The lowest BCUT2D eigenvalue weighted by Gasteiger charge is -2.37. The molecule has 1 aromatic heterocycles. The van der Waals surface area contributed by atoms with Gasteiger partial charge in [0.25, 0.3) is 0 Å². The molecule has 1 fully saturated rings. The number of furan rings is 1. The van der Waals surface area contributed by atoms with Gasteiger partial charge in [0.1, 0.15) is 17.3 Å². The van der Waals surface area contributed by atoms with E-state index in [-0.39, 0.29) is 13.2 Å². The molecule has 1 aliphatic rings. The molecule has 0 aliphatic carbocycles. The summed E-state index contributed by atoms with van der Waals surface area (Å²) in [5.74, 6) is -0.825. The Labute approximate surface area is 103 Å². The Morgan fingerprint density at radius 1 is 1.39 bits per heavy atom. The molecule has 18 heavy (non-hydrogen) atoms. The molecule has 0 bridgehead atoms. The summed E-state index contributed by atoms with van der Waals surface area (Å²) in [7, 11) is 0. The van der Waals surface area contributed by atoms with E-state index in [0.29, 0.717) is 6.54 Å². The van der Waals surface area contributed by atoms with Crippen LogP contribution in [0.2, 0.25) is 0 Å². The molecule has 1 aromatic carbocycles. The third kappa shape index (κ3) is 1.64. The SMILES string of the molecule is O=C(O)C1(CNc2coc3ccccc23)COC1. The zero-order valence-electron chi connectivity index (χ0n) is 9.68. The Bertz CT molecular complexity index is 585. The van der Waals surface area contributed by atoms with Gasteiger partial charge in [0.2, 0.25) is 0 Å². The molecule has 1 aliphatic heterocycles. The average Bonchev–Trinajstić information content (AvgIpc) is 2.71. The lowest BCUT2D eigenvalue weighted by molar-refractivity contribution is -0.176. The van der Waals surface area contributed by atoms with E-state index in [1.807, 2.05) is 24.3 Å². The van der Waals surface area contributed by atoms with E-state index in [1.54, 1.807) is 6.26 Å². The molecule has 0 saturated carbocycles. The van der Waals surface area contributed by atoms with Crippen LogP contribution < -0.4 is 5.32 Å². The van der Waals surface area contributed by atoms with Gasteiger partial charge in [-0.3, -0.25) is 4.79 Å². The number of carbonyl (C=O) groups is 1. The molecule has 0 spiro atoms. The van der Waals surface area contributed by atoms with Crippen molar-refractivity contribution in [2.24, 2.45) is 5.41 Å². The third-order valence-corrected chi connectivity index (χ3v) is 3.31. The van der Waals surface area contributed by atoms with Crippen molar-refractivity contribution < 1.29 is 19.1 Å². The molecule has 0 radical (unpaired) electrons. The quantitative estimate of drug-likeness (QED) is 0.864. The van der Waals surface area contributed by atoms with Gasteiger partial charge in [-0.1, -0.05) is 12.1 Å². The van der Waals surface area contributed by atoms with Crippen molar-refractivity contribution in [2.75, 3.05) is 25.1 Å². The first kappa shape index (κ1) is 11.1. The summed E-state index contributed by atoms with van der Waals surface area (Å²) >= 11 is 0. The summed E-state index contributed by atoms with van der Waals surface area (Å²) in [6.45, 7) is 0.849. The Balaban J connectivity index is 1.79. The second-order valence-corrected chi connectivity index (χ2v) is 4.58. The highest BCUT2D eigenvalue weighted by Gasteiger charge is 2.46. The molecule has 3 rings (SSSR count). The summed E-state index contributed by atoms with van der Waals surface area (Å²) in [4.78, 5) is 11.2. The van der Waals surface area contributed by atoms with Crippen LogP contribution in [-0.4, -0.2) is 30.8 Å². The number of fused-ring (bicyclic) bond motifs is 1. The van der Waals surface area contributed by atoms with Crippen molar-refractivity contribution in [1.29, 1.82) is 0 Å². The van der Waals surface area contributed by atoms with Crippen molar-refractivity contribution in [3.05, 3.63) is 30.5 Å². The number of benzene rings is 1. The predicted octanol–water partition coefficient (Wildman–Crippen LogP) is 1.95. The zero-order chi connectivity index (χ0) is 12.6. The maximum Gasteiger partial charge on any atom is 0.316 e. The first-order chi connectivity index (χ1) is 8.71. The van der Waals surface area contributed by atoms with Gasteiger partial charge in [0, 0.05) is 11.9 Å². The van der Waals surface area contributed by atoms with Crippen LogP contribution >= 0.6 is 0 Å². The standard InChI is InChI=1S/C13H13NO4/c15-12(16)13(7-17-8-13)6-14-10-5-18-11-4-2-1-3-9(10)11/h1-5,14H,6-8H2,(H,15,16). The van der Waals surface area contributed by atoms with Crippen LogP contribution in [0.5, 0.6) is 0 Å². The lowest BCUT2D eigenvalue weighted by atomic mass is 9.86. The van der Waals surface area contributed by atoms with Crippen molar-refractivity contribution in [1.82, 2.24) is 0 Å². The van der Waals surface area contributed by atoms with E-state index >= 15 is 0 Å². The Kier molecular flexibility index (Phi) is 2.48. The molecule has 94 valence electrons. The van der Waals surface area contributed by atoms with E-state index in [4.69, 9.17) is 9.15 Å². The second kappa shape index (κ2) is 4.03. The van der Waals surface area contributed by atoms with E-state index in [2.05, 4.69) is 5.32 Å². The van der Waals surface area contributed by atoms with Crippen LogP contribution in [0.1, 0.15) is 0 Å². The molecule has 0 amide bonds. The Morgan fingerprint density at radius 2 is 2.17 bits per heavy atom. The van der Waals surface area contributed by atoms with Crippen molar-refractivity contribution in [3.63, 3.8) is 0 Å². The molecule has 5 heteroatoms. The van der Waals surface area contributed by atoms with E-state index in [0.717, 1.165) is 16.7 Å². The lowest BCUT2D eigenvalue weighted by Crippen LogP contribution is -2.53. The van der Waals surface area contributed by atoms with Crippen molar-refractivity contribution in [2.45, 2.75) is 0 Å². The van der Waals surface area contributed by atoms with Crippen LogP contribution in [0.25, 0.3) is 11.0 Å². The topological polar surface area (TPSA) is 71.7 Å². The summed E-state index contributed by atoms with van der Waals surface area (Å²) in [5, 5.41) is 13.3. The number of aliphatic carboxylic acids is 1. The minimum atomic E-state index is -0.825. The van der Waals surface area contributed by atoms with Crippen LogP contribution in [-0.2, 0) is 9.53 Å². The Hall–Kier alpha value is -2.01. The van der Waals surface area contributed by atoms with Gasteiger partial charge in [0.05, 0.1) is 18.9 Å². The summed E-state index contributed by atoms with van der Waals surface area (Å²) in [6.07, 6.45) is 1.61. The smallest absolute Gasteiger partial charge is 0.316 e. The minimum Gasteiger partial charge on any atom is -0.481 e. The molecule has 0 atom stereocenters. The summed E-state index contributed by atoms with van der Waals surface area (Å²) in [5.41, 5.74) is 0.797. The van der Waals surface area contributed by atoms with E-state index < -0.39 is 11.4 Å². The molecule has 1 saturated heterocycles. The number of carboxylic acid groups (broad SMARTS) is 1. The van der Waals surface area contributed by atoms with Gasteiger partial charge in [-0.15, -0.1) is 0 Å². The highest BCUT2D eigenvalue weighted by molar-refractivity contribution is 5.90. The summed E-state index contributed by atoms with van der Waals surface area (Å²) < 4.78 is 10.4. The minimum absolute atomic E-state index is 0.255. The van der Waals surface area contributed by atoms with Crippen LogP contribution in [0.15, 0.2) is 34.9 Å². The molecule has 2 N–H and O–H groups in total. The fourth-order valence-electron chi connectivity index (χ4n) is 2.03. The van der Waals surface area contributed by atoms with E-state index in [9.17, 15) is 9.90 Å². The predicted molar refractivity (Wildman–Crippen MR) is 65.6 cm³/mol. The number of para-hydroxylation sites is 1. The number of hydrogen-bond donors (Lipinski definition) is 2. The fraction of sp³-hybridized carbons (Fsp3) is 0.308. The monoisotopic (exact) mass is 247 g/mol. The number of carboxylic acids is 1. The molecule has 2 heterocycles. The number of nitrogens with one attached hydrogen (secondary N) is 1. The van der Waals surface area contributed by atoms with Gasteiger partial charge in [-0.05, 0) is 12.1 Å². The van der Waals surface area contributed by atoms with Gasteiger partial charge in [-0.2, -0.15) is 0 Å². The number of anilines is 1. The largest absolute Gasteiger partial charge is 0.481 e. The first-order valence-corrected chi connectivity index (χ1v) is 5.73. The van der Waals surface area contributed by atoms with Crippen LogP contribution in [0, 0.1) is 5.41 Å². The van der Waals surface area contributed by atoms with E-state index in [1.165, 1.54) is 0 Å². The second-order valence-electron chi connectivity index (χ2n) is 4.58. The maximum atomic E-state index is 11.2. The molecular formula is C13H13NO4. The fourth-order valence-corrected chi connectivity index (χ4v) is 2.03. The molecule has 2 aromatic rings. The molecular weight excluding hydrogens is 234 g/mol. The Morgan fingerprint density at radius 3 is 2.83 bits per heavy atom. The van der Waals surface area contributed by atoms with Gasteiger partial charge in [-0.25, -0.2) is 0 Å². The van der Waals surface area contributed by atoms with Gasteiger partial charge < -0.3 is 19.6 Å². The third-order valence-electron chi connectivity index (χ3n) is 3.31. The molecule has 0 unspecified atom stereocenters. The first-order valence-electron chi connectivity index (χ1n) is 5.73. The summed E-state index contributed by atoms with van der Waals surface area (Å²) in [6, 6.07) is 7.63. The maximum absolute atomic E-state index is 11.2. The zero-order valence-corrected chi connectivity index (χ0v) is 9.68. The van der Waals surface area contributed by atoms with Crippen molar-refractivity contribution in [3.8, 4) is 0 Å². The van der Waals surface area contributed by atoms with Gasteiger partial charge in [0.15, 0.2) is 0 Å². The highest BCUT2D eigenvalue weighted by atomic mass is 16.5. The highest BCUT2D eigenvalue weighted by Crippen LogP contribution is 2.31. The average molecular weight is 247 g/mol. The van der Waals surface area contributed by atoms with Crippen LogP contribution in [0.3, 0.4) is 0 Å². The van der Waals surface area contributed by atoms with Crippen LogP contribution in [0.4, 0.5) is 5.69 Å². The van der Waals surface area contributed by atoms with Crippen molar-refractivity contribution >= 4 is 22.6 Å². The normalized spacial score (nSPS) is 17.3. The van der Waals surface area contributed by atoms with Gasteiger partial charge >= 0.3 is 5.97 Å². The number of rotatable bonds is 4. The number of hydrogen-bond acceptors (Lipinski definition) is 4. The number of ether oxygens (including phenoxy) is 1.